The molecule has 0 nitrogen and oxygen atoms in total. The molecule has 1 atom stereocenters. The first-order valence-corrected chi connectivity index (χ1v) is 15.1. The highest BCUT2D eigenvalue weighted by Crippen LogP contribution is 2.36. The number of unbranched alkanes of at least 4 members (excludes halogenated alkanes) is 6. The molecule has 0 fully saturated rings. The Morgan fingerprint density at radius 1 is 0.750 bits per heavy atom. The normalized spacial score (nSPS) is 16.6. The zero-order valence-corrected chi connectivity index (χ0v) is 20.3. The van der Waals surface area contributed by atoms with E-state index in [9.17, 15) is 0 Å². The van der Waals surface area contributed by atoms with Crippen LogP contribution in [0.1, 0.15) is 89.7 Å². The fraction of sp³-hybridized carbons (Fsp3) is 0.630. The van der Waals surface area contributed by atoms with Crippen molar-refractivity contribution in [2.24, 2.45) is 0 Å². The van der Waals surface area contributed by atoms with Gasteiger partial charge in [-0.3, -0.25) is 0 Å². The smallest absolute Gasteiger partial charge is 0.0797 e. The molecule has 0 bridgehead atoms. The van der Waals surface area contributed by atoms with Gasteiger partial charge in [0.25, 0.3) is 0 Å². The number of aryl methyl sites for hydroxylation is 2. The molecule has 1 unspecified atom stereocenters. The summed E-state index contributed by atoms with van der Waals surface area (Å²) < 4.78 is 0. The lowest BCUT2D eigenvalue weighted by atomic mass is 10.0. The number of hydrogen-bond acceptors (Lipinski definition) is 0. The number of allylic oxidation sites excluding steroid dienone is 4. The molecular formula is C27H44Si. The van der Waals surface area contributed by atoms with Gasteiger partial charge in [-0.1, -0.05) is 120 Å². The van der Waals surface area contributed by atoms with E-state index in [4.69, 9.17) is 0 Å². The van der Waals surface area contributed by atoms with Crippen LogP contribution in [0.3, 0.4) is 0 Å². The van der Waals surface area contributed by atoms with Gasteiger partial charge in [0.1, 0.15) is 0 Å². The molecule has 0 saturated carbocycles. The lowest BCUT2D eigenvalue weighted by Gasteiger charge is -2.32. The molecular weight excluding hydrogens is 352 g/mol. The summed E-state index contributed by atoms with van der Waals surface area (Å²) >= 11 is 0. The van der Waals surface area contributed by atoms with Crippen molar-refractivity contribution in [3.8, 4) is 0 Å². The number of hydrogen-bond donors (Lipinski definition) is 0. The zero-order valence-electron chi connectivity index (χ0n) is 19.3. The van der Waals surface area contributed by atoms with Gasteiger partial charge in [0.05, 0.1) is 8.07 Å². The first-order valence-electron chi connectivity index (χ1n) is 12.0. The summed E-state index contributed by atoms with van der Waals surface area (Å²) in [5.41, 5.74) is 5.53. The predicted molar refractivity (Wildman–Crippen MR) is 131 cm³/mol. The Hall–Kier alpha value is -1.08. The van der Waals surface area contributed by atoms with Crippen molar-refractivity contribution < 1.29 is 0 Å². The molecule has 0 spiro atoms. The van der Waals surface area contributed by atoms with Gasteiger partial charge in [-0.05, 0) is 48.8 Å². The molecule has 0 radical (unpaired) electrons. The largest absolute Gasteiger partial charge is 0.0915 e. The summed E-state index contributed by atoms with van der Waals surface area (Å²) in [6, 6.07) is 7.72. The first kappa shape index (κ1) is 23.2. The molecule has 1 heteroatoms. The monoisotopic (exact) mass is 396 g/mol. The van der Waals surface area contributed by atoms with E-state index in [2.05, 4.69) is 70.3 Å². The maximum absolute atomic E-state index is 2.59. The van der Waals surface area contributed by atoms with Crippen LogP contribution in [0.15, 0.2) is 42.0 Å². The Balaban J connectivity index is 2.22. The Morgan fingerprint density at radius 3 is 1.82 bits per heavy atom. The van der Waals surface area contributed by atoms with Crippen molar-refractivity contribution in [1.29, 1.82) is 0 Å². The average Bonchev–Trinajstić information content (AvgIpc) is 3.18. The van der Waals surface area contributed by atoms with Crippen LogP contribution in [0, 0.1) is 0 Å². The van der Waals surface area contributed by atoms with Crippen LogP contribution in [-0.2, 0) is 12.8 Å². The average molecular weight is 397 g/mol. The molecule has 0 heterocycles. The van der Waals surface area contributed by atoms with E-state index >= 15 is 0 Å². The predicted octanol–water partition coefficient (Wildman–Crippen LogP) is 8.12. The molecule has 0 N–H and O–H groups in total. The van der Waals surface area contributed by atoms with Gasteiger partial charge in [0.15, 0.2) is 0 Å². The number of benzene rings is 1. The van der Waals surface area contributed by atoms with E-state index in [1.54, 1.807) is 21.9 Å². The number of rotatable bonds is 13. The van der Waals surface area contributed by atoms with E-state index in [0.717, 1.165) is 0 Å². The van der Waals surface area contributed by atoms with Crippen molar-refractivity contribution in [2.75, 3.05) is 0 Å². The van der Waals surface area contributed by atoms with Crippen LogP contribution >= 0.6 is 0 Å². The van der Waals surface area contributed by atoms with Crippen molar-refractivity contribution in [1.82, 2.24) is 0 Å². The molecule has 28 heavy (non-hydrogen) atoms. The fourth-order valence-corrected chi connectivity index (χ4v) is 7.97. The highest BCUT2D eigenvalue weighted by molar-refractivity contribution is 6.92. The molecule has 0 saturated heterocycles. The second kappa shape index (κ2) is 11.8. The lowest BCUT2D eigenvalue weighted by Crippen LogP contribution is -2.46. The molecule has 156 valence electrons. The zero-order chi connectivity index (χ0) is 20.4. The molecule has 1 aromatic carbocycles. The van der Waals surface area contributed by atoms with Crippen LogP contribution in [0.4, 0.5) is 0 Å². The van der Waals surface area contributed by atoms with Gasteiger partial charge >= 0.3 is 0 Å². The Bertz CT molecular complexity index is 620. The summed E-state index contributed by atoms with van der Waals surface area (Å²) in [7, 11) is -1.56. The van der Waals surface area contributed by atoms with Crippen molar-refractivity contribution in [2.45, 2.75) is 110 Å². The van der Waals surface area contributed by atoms with Crippen LogP contribution in [0.2, 0.25) is 18.6 Å². The topological polar surface area (TPSA) is 0 Å². The van der Waals surface area contributed by atoms with Gasteiger partial charge in [0.2, 0.25) is 0 Å². The summed E-state index contributed by atoms with van der Waals surface area (Å²) in [6.45, 7) is 12.1. The summed E-state index contributed by atoms with van der Waals surface area (Å²) in [5.74, 6) is 0. The van der Waals surface area contributed by atoms with Gasteiger partial charge in [-0.25, -0.2) is 0 Å². The van der Waals surface area contributed by atoms with Crippen molar-refractivity contribution in [3.05, 3.63) is 53.1 Å². The molecule has 0 aromatic heterocycles. The van der Waals surface area contributed by atoms with E-state index in [0.29, 0.717) is 5.54 Å². The second-order valence-electron chi connectivity index (χ2n) is 9.34. The van der Waals surface area contributed by atoms with Crippen LogP contribution in [0.25, 0.3) is 0 Å². The van der Waals surface area contributed by atoms with Crippen molar-refractivity contribution >= 4 is 13.3 Å². The highest BCUT2D eigenvalue weighted by atomic mass is 28.3. The third kappa shape index (κ3) is 6.48. The maximum atomic E-state index is 2.59. The Labute approximate surface area is 176 Å². The molecule has 2 rings (SSSR count). The SMILES string of the molecule is CCCCCCc1cc(CCCCCC)cc([Si](C)(C)C2C=CC=C2CC)c1. The van der Waals surface area contributed by atoms with Crippen molar-refractivity contribution in [3.63, 3.8) is 0 Å². The van der Waals surface area contributed by atoms with E-state index in [-0.39, 0.29) is 0 Å². The molecule has 0 amide bonds. The first-order chi connectivity index (χ1) is 13.5. The maximum Gasteiger partial charge on any atom is 0.0915 e. The quantitative estimate of drug-likeness (QED) is 0.233. The van der Waals surface area contributed by atoms with Gasteiger partial charge in [-0.2, -0.15) is 0 Å². The third-order valence-corrected chi connectivity index (χ3v) is 10.5. The summed E-state index contributed by atoms with van der Waals surface area (Å²) in [6.07, 6.45) is 21.7. The molecule has 0 aliphatic heterocycles. The minimum Gasteiger partial charge on any atom is -0.0797 e. The van der Waals surface area contributed by atoms with Crippen LogP contribution in [-0.4, -0.2) is 8.07 Å². The minimum atomic E-state index is -1.56. The van der Waals surface area contributed by atoms with Crippen LogP contribution < -0.4 is 5.19 Å². The molecule has 1 aliphatic rings. The Kier molecular flexibility index (Phi) is 9.78. The summed E-state index contributed by atoms with van der Waals surface area (Å²) in [4.78, 5) is 0. The van der Waals surface area contributed by atoms with Gasteiger partial charge in [-0.15, -0.1) is 0 Å². The fourth-order valence-electron chi connectivity index (χ4n) is 4.67. The minimum absolute atomic E-state index is 0.681. The molecule has 1 aliphatic carbocycles. The summed E-state index contributed by atoms with van der Waals surface area (Å²) in [5, 5.41) is 1.68. The Morgan fingerprint density at radius 2 is 1.32 bits per heavy atom. The van der Waals surface area contributed by atoms with E-state index < -0.39 is 8.07 Å². The van der Waals surface area contributed by atoms with Crippen LogP contribution in [0.5, 0.6) is 0 Å². The third-order valence-electron chi connectivity index (χ3n) is 6.63. The molecule has 1 aromatic rings. The standard InChI is InChI=1S/C27H44Si/c1-6-9-11-13-16-23-20-24(17-14-12-10-7-2)22-26(21-23)28(4,5)27-19-15-18-25(27)8-3/h15,18-22,27H,6-14,16-17H2,1-5H3. The second-order valence-corrected chi connectivity index (χ2v) is 14.0. The van der Waals surface area contributed by atoms with Gasteiger partial charge in [0, 0.05) is 0 Å². The lowest BCUT2D eigenvalue weighted by molar-refractivity contribution is 0.661. The van der Waals surface area contributed by atoms with E-state index in [1.165, 1.54) is 70.6 Å². The van der Waals surface area contributed by atoms with Gasteiger partial charge < -0.3 is 0 Å². The van der Waals surface area contributed by atoms with E-state index in [1.807, 2.05) is 0 Å². The highest BCUT2D eigenvalue weighted by Gasteiger charge is 2.35.